The van der Waals surface area contributed by atoms with Crippen LogP contribution in [0.1, 0.15) is 122 Å². The first-order valence-corrected chi connectivity index (χ1v) is 25.1. The molecule has 4 amide bonds. The number of imidazole rings is 2. The maximum atomic E-state index is 14.6. The number of amides is 4. The summed E-state index contributed by atoms with van der Waals surface area (Å²) in [4.78, 5) is 75.3. The van der Waals surface area contributed by atoms with Gasteiger partial charge in [0.1, 0.15) is 36.1 Å². The lowest BCUT2D eigenvalue weighted by atomic mass is 9.85. The van der Waals surface area contributed by atoms with E-state index >= 15 is 0 Å². The van der Waals surface area contributed by atoms with Crippen LogP contribution in [-0.4, -0.2) is 117 Å². The molecule has 3 aromatic carbocycles. The number of hydrogen-bond acceptors (Lipinski definition) is 11. The molecular weight excluding hydrogens is 893 g/mol. The number of likely N-dealkylation sites (tertiary alicyclic amines) is 2. The van der Waals surface area contributed by atoms with Gasteiger partial charge in [-0.3, -0.25) is 9.59 Å². The van der Waals surface area contributed by atoms with Crippen LogP contribution in [0.5, 0.6) is 5.75 Å². The third kappa shape index (κ3) is 8.95. The van der Waals surface area contributed by atoms with Gasteiger partial charge < -0.3 is 54.1 Å². The van der Waals surface area contributed by atoms with Crippen LogP contribution in [0, 0.1) is 11.8 Å². The second-order valence-electron chi connectivity index (χ2n) is 20.6. The van der Waals surface area contributed by atoms with Crippen molar-refractivity contribution in [3.05, 3.63) is 65.9 Å². The number of fused-ring (bicyclic) bond motifs is 6. The zero-order chi connectivity index (χ0) is 49.1. The van der Waals surface area contributed by atoms with Crippen molar-refractivity contribution in [1.82, 2.24) is 40.4 Å². The second-order valence-corrected chi connectivity index (χ2v) is 20.6. The molecule has 0 radical (unpaired) electrons. The molecule has 0 spiro atoms. The van der Waals surface area contributed by atoms with Gasteiger partial charge in [0.05, 0.1) is 73.6 Å². The average molecular weight is 959 g/mol. The minimum absolute atomic E-state index is 0.0333. The van der Waals surface area contributed by atoms with Crippen LogP contribution in [0.4, 0.5) is 9.59 Å². The number of aromatic amines is 2. The molecule has 2 aromatic heterocycles. The molecule has 5 aromatic rings. The standard InChI is InChI=1S/C53H66N8O9/c1-26-9-15-42(60(26)50(62)45(58-52(64)66-7)34-17-28(3)69-29(4)18-34)48-54-24-41(56-48)33-11-13-37-36(21-33)25-68-44-23-38-32(22-39(37)44)12-14-40-47(38)57-49(55-40)43-16-10-27(2)61(43)51(63)46(59-53(65)67-8)35-19-30(5)70-31(6)20-35/h11-14,21-24,26-31,34-35,42-43,45-46H,9-10,15-20,25H2,1-8H3,(H,54,56)(H,55,57)(H,58,64)(H,59,65)/t26-,27-,28+,29+,30+,31+,42-,43-,45-,46?/m0/s1. The predicted octanol–water partition coefficient (Wildman–Crippen LogP) is 8.63. The van der Waals surface area contributed by atoms with E-state index < -0.39 is 24.3 Å². The number of carbonyl (C=O) groups is 4. The van der Waals surface area contributed by atoms with Crippen LogP contribution in [0.15, 0.2) is 48.7 Å². The molecule has 10 atom stereocenters. The molecule has 4 fully saturated rings. The Balaban J connectivity index is 0.891. The number of nitrogens with one attached hydrogen (secondary N) is 4. The molecule has 10 rings (SSSR count). The summed E-state index contributed by atoms with van der Waals surface area (Å²) in [7, 11) is 2.63. The molecule has 17 heteroatoms. The lowest BCUT2D eigenvalue weighted by Gasteiger charge is -2.39. The number of methoxy groups -OCH3 is 2. The second kappa shape index (κ2) is 19.2. The van der Waals surface area contributed by atoms with Gasteiger partial charge >= 0.3 is 12.2 Å². The SMILES string of the molecule is COC(=O)NC(C(=O)N1[C@@H](C)CC[C@H]1c1nc2ccc3cc4c(cc3c2[nH]1)OCc1cc(-c2cnc([C@@H]3CC[C@H](C)N3C(=O)[C@@H](NC(=O)OC)C3C[C@@H](C)O[C@H](C)C3)[nH]2)ccc1-4)C1C[C@@H](C)O[C@H](C)C1. The highest BCUT2D eigenvalue weighted by atomic mass is 16.5. The van der Waals surface area contributed by atoms with Crippen molar-refractivity contribution in [3.63, 3.8) is 0 Å². The Hall–Kier alpha value is -6.20. The Morgan fingerprint density at radius 1 is 0.686 bits per heavy atom. The zero-order valence-corrected chi connectivity index (χ0v) is 41.4. The number of H-pyrrole nitrogens is 2. The molecule has 4 N–H and O–H groups in total. The van der Waals surface area contributed by atoms with Crippen LogP contribution < -0.4 is 15.4 Å². The Bertz CT molecular complexity index is 2790. The largest absolute Gasteiger partial charge is 0.488 e. The number of alkyl carbamates (subject to hydrolysis) is 2. The van der Waals surface area contributed by atoms with Crippen molar-refractivity contribution >= 4 is 45.8 Å². The van der Waals surface area contributed by atoms with E-state index in [1.54, 1.807) is 0 Å². The Morgan fingerprint density at radius 3 is 1.83 bits per heavy atom. The van der Waals surface area contributed by atoms with Crippen LogP contribution >= 0.6 is 0 Å². The van der Waals surface area contributed by atoms with Gasteiger partial charge in [0.2, 0.25) is 11.8 Å². The summed E-state index contributed by atoms with van der Waals surface area (Å²) in [5.74, 6) is 1.72. The molecule has 7 heterocycles. The van der Waals surface area contributed by atoms with E-state index in [1.807, 2.05) is 49.8 Å². The van der Waals surface area contributed by atoms with E-state index in [0.717, 1.165) is 81.2 Å². The van der Waals surface area contributed by atoms with E-state index in [2.05, 4.69) is 70.8 Å². The van der Waals surface area contributed by atoms with Crippen molar-refractivity contribution in [2.24, 2.45) is 11.8 Å². The summed E-state index contributed by atoms with van der Waals surface area (Å²) in [6.45, 7) is 12.5. The summed E-state index contributed by atoms with van der Waals surface area (Å²) >= 11 is 0. The van der Waals surface area contributed by atoms with Crippen molar-refractivity contribution in [2.45, 2.75) is 160 Å². The molecule has 5 aliphatic heterocycles. The van der Waals surface area contributed by atoms with E-state index in [9.17, 15) is 19.2 Å². The summed E-state index contributed by atoms with van der Waals surface area (Å²) < 4.78 is 28.5. The lowest BCUT2D eigenvalue weighted by molar-refractivity contribution is -0.141. The van der Waals surface area contributed by atoms with E-state index in [0.29, 0.717) is 43.9 Å². The summed E-state index contributed by atoms with van der Waals surface area (Å²) in [5.41, 5.74) is 6.57. The van der Waals surface area contributed by atoms with Gasteiger partial charge in [0.15, 0.2) is 0 Å². The number of rotatable bonds is 9. The number of ether oxygens (including phenoxy) is 5. The third-order valence-corrected chi connectivity index (χ3v) is 15.6. The van der Waals surface area contributed by atoms with Crippen molar-refractivity contribution in [2.75, 3.05) is 14.2 Å². The number of benzene rings is 3. The zero-order valence-electron chi connectivity index (χ0n) is 41.4. The number of hydrogen-bond donors (Lipinski definition) is 4. The normalized spacial score (nSPS) is 28.4. The van der Waals surface area contributed by atoms with Crippen LogP contribution in [0.3, 0.4) is 0 Å². The first-order chi connectivity index (χ1) is 33.7. The molecular formula is C53H66N8O9. The van der Waals surface area contributed by atoms with Crippen LogP contribution in [0.25, 0.3) is 44.2 Å². The first kappa shape index (κ1) is 47.5. The van der Waals surface area contributed by atoms with Gasteiger partial charge in [-0.2, -0.15) is 0 Å². The summed E-state index contributed by atoms with van der Waals surface area (Å²) in [6.07, 6.45) is 6.13. The van der Waals surface area contributed by atoms with E-state index in [1.165, 1.54) is 14.2 Å². The van der Waals surface area contributed by atoms with Gasteiger partial charge in [0.25, 0.3) is 0 Å². The number of carbonyl (C=O) groups excluding carboxylic acids is 4. The van der Waals surface area contributed by atoms with Gasteiger partial charge in [-0.1, -0.05) is 18.2 Å². The Morgan fingerprint density at radius 2 is 1.26 bits per heavy atom. The molecule has 0 aliphatic carbocycles. The average Bonchev–Trinajstić information content (AvgIpc) is 4.16. The van der Waals surface area contributed by atoms with Crippen molar-refractivity contribution < 1.29 is 42.9 Å². The smallest absolute Gasteiger partial charge is 0.407 e. The number of aromatic nitrogens is 4. The fourth-order valence-corrected chi connectivity index (χ4v) is 12.5. The maximum Gasteiger partial charge on any atom is 0.407 e. The summed E-state index contributed by atoms with van der Waals surface area (Å²) in [5, 5.41) is 7.77. The molecule has 17 nitrogen and oxygen atoms in total. The van der Waals surface area contributed by atoms with Crippen molar-refractivity contribution in [1.29, 1.82) is 0 Å². The number of nitrogens with zero attached hydrogens (tertiary/aromatic N) is 4. The lowest BCUT2D eigenvalue weighted by Crippen LogP contribution is -2.55. The maximum absolute atomic E-state index is 14.6. The molecule has 372 valence electrons. The van der Waals surface area contributed by atoms with Crippen LogP contribution in [-0.2, 0) is 35.1 Å². The first-order valence-electron chi connectivity index (χ1n) is 25.1. The molecule has 0 bridgehead atoms. The highest BCUT2D eigenvalue weighted by Gasteiger charge is 2.46. The highest BCUT2D eigenvalue weighted by Crippen LogP contribution is 2.45. The fourth-order valence-electron chi connectivity index (χ4n) is 12.5. The summed E-state index contributed by atoms with van der Waals surface area (Å²) in [6, 6.07) is 12.5. The predicted molar refractivity (Wildman–Crippen MR) is 262 cm³/mol. The van der Waals surface area contributed by atoms with Gasteiger partial charge in [0, 0.05) is 23.0 Å². The molecule has 5 aliphatic rings. The van der Waals surface area contributed by atoms with E-state index in [-0.39, 0.29) is 72.2 Å². The fraction of sp³-hybridized carbons (Fsp3) is 0.547. The third-order valence-electron chi connectivity index (χ3n) is 15.6. The topological polar surface area (TPSA) is 202 Å². The van der Waals surface area contributed by atoms with Crippen molar-refractivity contribution in [3.8, 4) is 28.1 Å². The highest BCUT2D eigenvalue weighted by molar-refractivity contribution is 6.07. The monoisotopic (exact) mass is 958 g/mol. The van der Waals surface area contributed by atoms with Crippen LogP contribution in [0.2, 0.25) is 0 Å². The quantitative estimate of drug-likeness (QED) is 0.110. The minimum Gasteiger partial charge on any atom is -0.488 e. The molecule has 4 saturated heterocycles. The Kier molecular flexibility index (Phi) is 13.0. The van der Waals surface area contributed by atoms with Gasteiger partial charge in [-0.05, 0) is 151 Å². The molecule has 70 heavy (non-hydrogen) atoms. The minimum atomic E-state index is -0.758. The molecule has 1 unspecified atom stereocenters. The van der Waals surface area contributed by atoms with Gasteiger partial charge in [-0.15, -0.1) is 0 Å². The van der Waals surface area contributed by atoms with Gasteiger partial charge in [-0.25, -0.2) is 19.6 Å². The molecule has 0 saturated carbocycles. The Labute approximate surface area is 408 Å². The van der Waals surface area contributed by atoms with E-state index in [4.69, 9.17) is 33.7 Å².